The molecule has 19 heavy (non-hydrogen) atoms. The van der Waals surface area contributed by atoms with E-state index in [1.165, 1.54) is 0 Å². The van der Waals surface area contributed by atoms with Crippen molar-refractivity contribution >= 4 is 5.78 Å². The van der Waals surface area contributed by atoms with Gasteiger partial charge in [0.25, 0.3) is 0 Å². The Kier molecular flexibility index (Phi) is 4.40. The fourth-order valence-corrected chi connectivity index (χ4v) is 2.85. The number of carbonyl (C=O) groups is 1. The highest BCUT2D eigenvalue weighted by Crippen LogP contribution is 2.34. The molecule has 4 heteroatoms. The van der Waals surface area contributed by atoms with E-state index in [-0.39, 0.29) is 5.41 Å². The van der Waals surface area contributed by atoms with Crippen LogP contribution in [0.1, 0.15) is 51.8 Å². The molecule has 1 saturated heterocycles. The van der Waals surface area contributed by atoms with Crippen molar-refractivity contribution in [3.8, 4) is 0 Å². The molecule has 0 bridgehead atoms. The van der Waals surface area contributed by atoms with E-state index in [4.69, 9.17) is 0 Å². The minimum absolute atomic E-state index is 0.118. The molecule has 1 aromatic heterocycles. The molecule has 1 N–H and O–H groups in total. The third-order valence-corrected chi connectivity index (χ3v) is 4.36. The van der Waals surface area contributed by atoms with Gasteiger partial charge in [-0.1, -0.05) is 6.92 Å². The van der Waals surface area contributed by atoms with Gasteiger partial charge in [0.2, 0.25) is 0 Å². The molecule has 0 amide bonds. The van der Waals surface area contributed by atoms with Gasteiger partial charge in [-0.25, -0.2) is 0 Å². The predicted molar refractivity (Wildman–Crippen MR) is 76.2 cm³/mol. The summed E-state index contributed by atoms with van der Waals surface area (Å²) in [5.41, 5.74) is 0.789. The van der Waals surface area contributed by atoms with Gasteiger partial charge in [-0.05, 0) is 52.3 Å². The number of hydrogen-bond donors (Lipinski definition) is 1. The topological polar surface area (TPSA) is 46.9 Å². The number of ketones is 1. The zero-order chi connectivity index (χ0) is 13.9. The van der Waals surface area contributed by atoms with Crippen molar-refractivity contribution in [3.05, 3.63) is 18.0 Å². The first kappa shape index (κ1) is 14.3. The van der Waals surface area contributed by atoms with Crippen LogP contribution in [-0.2, 0) is 11.2 Å². The lowest BCUT2D eigenvalue weighted by Gasteiger charge is -2.35. The Bertz CT molecular complexity index is 430. The summed E-state index contributed by atoms with van der Waals surface area (Å²) in [6, 6.07) is 2.32. The van der Waals surface area contributed by atoms with E-state index in [0.717, 1.165) is 38.0 Å². The fraction of sp³-hybridized carbons (Fsp3) is 0.733. The van der Waals surface area contributed by atoms with Crippen molar-refractivity contribution < 1.29 is 4.79 Å². The Labute approximate surface area is 115 Å². The van der Waals surface area contributed by atoms with Crippen molar-refractivity contribution in [1.29, 1.82) is 0 Å². The van der Waals surface area contributed by atoms with Crippen molar-refractivity contribution in [2.75, 3.05) is 13.1 Å². The molecular formula is C15H25N3O. The Morgan fingerprint density at radius 2 is 2.16 bits per heavy atom. The molecule has 1 aromatic rings. The number of piperidine rings is 1. The van der Waals surface area contributed by atoms with Crippen LogP contribution in [0.3, 0.4) is 0 Å². The zero-order valence-electron chi connectivity index (χ0n) is 12.3. The highest BCUT2D eigenvalue weighted by molar-refractivity contribution is 5.86. The maximum Gasteiger partial charge on any atom is 0.145 e. The van der Waals surface area contributed by atoms with Gasteiger partial charge in [0, 0.05) is 17.7 Å². The maximum atomic E-state index is 12.6. The normalized spacial score (nSPS) is 18.7. The number of aromatic nitrogens is 2. The maximum absolute atomic E-state index is 12.6. The molecular weight excluding hydrogens is 238 g/mol. The molecule has 0 saturated carbocycles. The van der Waals surface area contributed by atoms with Gasteiger partial charge < -0.3 is 5.32 Å². The molecule has 0 spiro atoms. The van der Waals surface area contributed by atoms with Crippen LogP contribution in [0.2, 0.25) is 0 Å². The first-order valence-corrected chi connectivity index (χ1v) is 7.35. The molecule has 0 aliphatic carbocycles. The van der Waals surface area contributed by atoms with E-state index in [1.54, 1.807) is 0 Å². The second-order valence-electron chi connectivity index (χ2n) is 5.86. The predicted octanol–water partition coefficient (Wildman–Crippen LogP) is 2.36. The van der Waals surface area contributed by atoms with E-state index in [9.17, 15) is 4.79 Å². The zero-order valence-corrected chi connectivity index (χ0v) is 12.3. The summed E-state index contributed by atoms with van der Waals surface area (Å²) in [5.74, 6) is 0.366. The van der Waals surface area contributed by atoms with Gasteiger partial charge in [-0.3, -0.25) is 9.48 Å². The number of rotatable bonds is 5. The van der Waals surface area contributed by atoms with Crippen molar-refractivity contribution in [1.82, 2.24) is 15.1 Å². The van der Waals surface area contributed by atoms with Gasteiger partial charge in [-0.2, -0.15) is 5.10 Å². The highest BCUT2D eigenvalue weighted by Gasteiger charge is 2.37. The lowest BCUT2D eigenvalue weighted by atomic mass is 9.72. The van der Waals surface area contributed by atoms with Crippen LogP contribution < -0.4 is 5.32 Å². The van der Waals surface area contributed by atoms with Crippen LogP contribution in [0.5, 0.6) is 0 Å². The second kappa shape index (κ2) is 5.87. The number of carbonyl (C=O) groups excluding carboxylic acids is 1. The standard InChI is InChI=1S/C15H25N3O/c1-4-15(6-8-16-9-7-15)14(19)11-13-5-10-18(17-13)12(2)3/h5,10,12,16H,4,6-9,11H2,1-3H3. The molecule has 106 valence electrons. The molecule has 2 heterocycles. The summed E-state index contributed by atoms with van der Waals surface area (Å²) in [5, 5.41) is 7.83. The summed E-state index contributed by atoms with van der Waals surface area (Å²) < 4.78 is 1.92. The van der Waals surface area contributed by atoms with Gasteiger partial charge in [0.15, 0.2) is 0 Å². The van der Waals surface area contributed by atoms with Crippen molar-refractivity contribution in [3.63, 3.8) is 0 Å². The molecule has 0 radical (unpaired) electrons. The SMILES string of the molecule is CCC1(C(=O)Cc2ccn(C(C)C)n2)CCNCC1. The van der Waals surface area contributed by atoms with E-state index >= 15 is 0 Å². The summed E-state index contributed by atoms with van der Waals surface area (Å²) in [7, 11) is 0. The largest absolute Gasteiger partial charge is 0.317 e. The van der Waals surface area contributed by atoms with Crippen LogP contribution in [0.25, 0.3) is 0 Å². The number of Topliss-reactive ketones (excluding diaryl/α,β-unsaturated/α-hetero) is 1. The Hall–Kier alpha value is -1.16. The first-order chi connectivity index (χ1) is 9.07. The average molecular weight is 263 g/mol. The quantitative estimate of drug-likeness (QED) is 0.887. The highest BCUT2D eigenvalue weighted by atomic mass is 16.1. The Balaban J connectivity index is 2.06. The van der Waals surface area contributed by atoms with Gasteiger partial charge >= 0.3 is 0 Å². The lowest BCUT2D eigenvalue weighted by molar-refractivity contribution is -0.129. The van der Waals surface area contributed by atoms with Gasteiger partial charge in [0.05, 0.1) is 12.1 Å². The molecule has 1 fully saturated rings. The monoisotopic (exact) mass is 263 g/mol. The van der Waals surface area contributed by atoms with Crippen LogP contribution in [-0.4, -0.2) is 28.7 Å². The van der Waals surface area contributed by atoms with Crippen molar-refractivity contribution in [2.45, 2.75) is 52.5 Å². The van der Waals surface area contributed by atoms with Gasteiger partial charge in [0.1, 0.15) is 5.78 Å². The van der Waals surface area contributed by atoms with E-state index in [2.05, 4.69) is 31.2 Å². The summed E-state index contributed by atoms with van der Waals surface area (Å²) in [4.78, 5) is 12.6. The average Bonchev–Trinajstić information content (AvgIpc) is 2.88. The van der Waals surface area contributed by atoms with E-state index in [0.29, 0.717) is 18.2 Å². The third kappa shape index (κ3) is 3.06. The smallest absolute Gasteiger partial charge is 0.145 e. The molecule has 2 rings (SSSR count). The number of nitrogens with one attached hydrogen (secondary N) is 1. The molecule has 1 aliphatic heterocycles. The molecule has 4 nitrogen and oxygen atoms in total. The molecule has 0 atom stereocenters. The Morgan fingerprint density at radius 1 is 1.47 bits per heavy atom. The molecule has 1 aliphatic rings. The summed E-state index contributed by atoms with van der Waals surface area (Å²) in [6.07, 6.45) is 5.32. The van der Waals surface area contributed by atoms with Crippen LogP contribution in [0, 0.1) is 5.41 Å². The van der Waals surface area contributed by atoms with Crippen LogP contribution in [0.4, 0.5) is 0 Å². The summed E-state index contributed by atoms with van der Waals surface area (Å²) in [6.45, 7) is 8.24. The molecule has 0 aromatic carbocycles. The van der Waals surface area contributed by atoms with Crippen molar-refractivity contribution in [2.24, 2.45) is 5.41 Å². The minimum atomic E-state index is -0.118. The fourth-order valence-electron chi connectivity index (χ4n) is 2.85. The van der Waals surface area contributed by atoms with Gasteiger partial charge in [-0.15, -0.1) is 0 Å². The Morgan fingerprint density at radius 3 is 2.68 bits per heavy atom. The minimum Gasteiger partial charge on any atom is -0.317 e. The second-order valence-corrected chi connectivity index (χ2v) is 5.86. The number of hydrogen-bond acceptors (Lipinski definition) is 3. The molecule has 0 unspecified atom stereocenters. The number of nitrogens with zero attached hydrogens (tertiary/aromatic N) is 2. The van der Waals surface area contributed by atoms with Crippen LogP contribution >= 0.6 is 0 Å². The third-order valence-electron chi connectivity index (χ3n) is 4.36. The van der Waals surface area contributed by atoms with Crippen LogP contribution in [0.15, 0.2) is 12.3 Å². The van der Waals surface area contributed by atoms with E-state index in [1.807, 2.05) is 16.9 Å². The summed E-state index contributed by atoms with van der Waals surface area (Å²) >= 11 is 0. The lowest BCUT2D eigenvalue weighted by Crippen LogP contribution is -2.42. The van der Waals surface area contributed by atoms with E-state index < -0.39 is 0 Å². The first-order valence-electron chi connectivity index (χ1n) is 7.35.